The molecule has 0 bridgehead atoms. The Morgan fingerprint density at radius 1 is 1.36 bits per heavy atom. The summed E-state index contributed by atoms with van der Waals surface area (Å²) < 4.78 is 5.69. The fourth-order valence-corrected chi connectivity index (χ4v) is 1.57. The number of hydrogen-bond acceptors (Lipinski definition) is 2. The van der Waals surface area contributed by atoms with Gasteiger partial charge in [0.1, 0.15) is 5.75 Å². The number of halogens is 1. The van der Waals surface area contributed by atoms with E-state index in [1.165, 1.54) is 12.8 Å². The normalized spacial score (nSPS) is 15.4. The van der Waals surface area contributed by atoms with E-state index in [0.29, 0.717) is 6.10 Å². The highest BCUT2D eigenvalue weighted by Gasteiger charge is 2.23. The second-order valence-electron chi connectivity index (χ2n) is 3.82. The Balaban J connectivity index is 2.20. The minimum Gasteiger partial charge on any atom is -0.490 e. The largest absolute Gasteiger partial charge is 0.490 e. The van der Waals surface area contributed by atoms with E-state index in [-0.39, 0.29) is 0 Å². The van der Waals surface area contributed by atoms with Crippen molar-refractivity contribution in [2.24, 2.45) is 0 Å². The van der Waals surface area contributed by atoms with Gasteiger partial charge in [0.25, 0.3) is 0 Å². The number of anilines is 1. The van der Waals surface area contributed by atoms with Crippen LogP contribution in [0.15, 0.2) is 18.2 Å². The fourth-order valence-electron chi connectivity index (χ4n) is 1.29. The Morgan fingerprint density at radius 3 is 2.64 bits per heavy atom. The molecule has 0 aliphatic heterocycles. The van der Waals surface area contributed by atoms with Crippen molar-refractivity contribution in [3.63, 3.8) is 0 Å². The smallest absolute Gasteiger partial charge is 0.121 e. The van der Waals surface area contributed by atoms with Crippen LogP contribution in [0.4, 0.5) is 5.69 Å². The highest BCUT2D eigenvalue weighted by molar-refractivity contribution is 6.33. The number of rotatable bonds is 3. The standard InChI is InChI=1S/C11H14ClNO/c1-13(2)11-7-9(5-6-10(11)12)14-8-3-4-8/h5-8H,3-4H2,1-2H3. The van der Waals surface area contributed by atoms with Crippen molar-refractivity contribution in [1.29, 1.82) is 0 Å². The minimum atomic E-state index is 0.436. The lowest BCUT2D eigenvalue weighted by molar-refractivity contribution is 0.303. The maximum atomic E-state index is 6.05. The molecule has 0 amide bonds. The molecule has 0 spiro atoms. The topological polar surface area (TPSA) is 12.5 Å². The van der Waals surface area contributed by atoms with Crippen LogP contribution in [0.1, 0.15) is 12.8 Å². The zero-order valence-electron chi connectivity index (χ0n) is 8.46. The van der Waals surface area contributed by atoms with Gasteiger partial charge in [-0.2, -0.15) is 0 Å². The molecule has 1 aromatic rings. The van der Waals surface area contributed by atoms with Gasteiger partial charge in [0.15, 0.2) is 0 Å². The SMILES string of the molecule is CN(C)c1cc(OC2CC2)ccc1Cl. The highest BCUT2D eigenvalue weighted by Crippen LogP contribution is 2.32. The van der Waals surface area contributed by atoms with Gasteiger partial charge in [0, 0.05) is 20.2 Å². The maximum Gasteiger partial charge on any atom is 0.121 e. The van der Waals surface area contributed by atoms with Gasteiger partial charge in [-0.25, -0.2) is 0 Å². The van der Waals surface area contributed by atoms with Gasteiger partial charge in [0.05, 0.1) is 16.8 Å². The molecule has 1 fully saturated rings. The molecule has 0 saturated heterocycles. The van der Waals surface area contributed by atoms with Gasteiger partial charge in [-0.3, -0.25) is 0 Å². The van der Waals surface area contributed by atoms with Crippen molar-refractivity contribution in [2.75, 3.05) is 19.0 Å². The first kappa shape index (κ1) is 9.66. The first-order valence-electron chi connectivity index (χ1n) is 4.80. The molecule has 0 radical (unpaired) electrons. The fraction of sp³-hybridized carbons (Fsp3) is 0.455. The van der Waals surface area contributed by atoms with Crippen LogP contribution in [0, 0.1) is 0 Å². The molecule has 0 unspecified atom stereocenters. The molecule has 2 nitrogen and oxygen atoms in total. The van der Waals surface area contributed by atoms with Crippen molar-refractivity contribution in [2.45, 2.75) is 18.9 Å². The lowest BCUT2D eigenvalue weighted by Crippen LogP contribution is -2.09. The highest BCUT2D eigenvalue weighted by atomic mass is 35.5. The van der Waals surface area contributed by atoms with Crippen LogP contribution in [0.5, 0.6) is 5.75 Å². The summed E-state index contributed by atoms with van der Waals surface area (Å²) in [6, 6.07) is 5.79. The van der Waals surface area contributed by atoms with Gasteiger partial charge in [0.2, 0.25) is 0 Å². The van der Waals surface area contributed by atoms with Crippen molar-refractivity contribution in [1.82, 2.24) is 0 Å². The summed E-state index contributed by atoms with van der Waals surface area (Å²) in [5.41, 5.74) is 1.00. The molecule has 1 aliphatic carbocycles. The average molecular weight is 212 g/mol. The van der Waals surface area contributed by atoms with Gasteiger partial charge in [-0.05, 0) is 25.0 Å². The molecule has 76 valence electrons. The lowest BCUT2D eigenvalue weighted by Gasteiger charge is -2.15. The van der Waals surface area contributed by atoms with Crippen molar-refractivity contribution >= 4 is 17.3 Å². The van der Waals surface area contributed by atoms with Crippen LogP contribution in [-0.2, 0) is 0 Å². The summed E-state index contributed by atoms with van der Waals surface area (Å²) in [7, 11) is 3.95. The maximum absolute atomic E-state index is 6.05. The van der Waals surface area contributed by atoms with E-state index in [1.54, 1.807) is 0 Å². The molecule has 14 heavy (non-hydrogen) atoms. The van der Waals surface area contributed by atoms with Crippen LogP contribution in [-0.4, -0.2) is 20.2 Å². The van der Waals surface area contributed by atoms with E-state index < -0.39 is 0 Å². The van der Waals surface area contributed by atoms with Crippen molar-refractivity contribution < 1.29 is 4.74 Å². The summed E-state index contributed by atoms with van der Waals surface area (Å²) in [5, 5.41) is 0.762. The third-order valence-corrected chi connectivity index (χ3v) is 2.55. The van der Waals surface area contributed by atoms with E-state index >= 15 is 0 Å². The monoisotopic (exact) mass is 211 g/mol. The Morgan fingerprint density at radius 2 is 2.07 bits per heavy atom. The lowest BCUT2D eigenvalue weighted by atomic mass is 10.3. The molecule has 0 N–H and O–H groups in total. The van der Waals surface area contributed by atoms with E-state index in [0.717, 1.165) is 16.5 Å². The first-order valence-corrected chi connectivity index (χ1v) is 5.18. The van der Waals surface area contributed by atoms with Crippen LogP contribution in [0.25, 0.3) is 0 Å². The van der Waals surface area contributed by atoms with Crippen LogP contribution >= 0.6 is 11.6 Å². The van der Waals surface area contributed by atoms with Crippen molar-refractivity contribution in [3.8, 4) is 5.75 Å². The summed E-state index contributed by atoms with van der Waals surface area (Å²) in [6.07, 6.45) is 2.80. The molecule has 0 atom stereocenters. The predicted molar refractivity (Wildman–Crippen MR) is 59.4 cm³/mol. The third kappa shape index (κ3) is 2.13. The zero-order chi connectivity index (χ0) is 10.1. The second kappa shape index (κ2) is 3.70. The van der Waals surface area contributed by atoms with Gasteiger partial charge < -0.3 is 9.64 Å². The van der Waals surface area contributed by atoms with Gasteiger partial charge in [-0.1, -0.05) is 11.6 Å². The minimum absolute atomic E-state index is 0.436. The van der Waals surface area contributed by atoms with E-state index in [2.05, 4.69) is 0 Å². The number of benzene rings is 1. The van der Waals surface area contributed by atoms with Crippen LogP contribution in [0.3, 0.4) is 0 Å². The van der Waals surface area contributed by atoms with E-state index in [9.17, 15) is 0 Å². The molecule has 1 aliphatic rings. The van der Waals surface area contributed by atoms with Crippen LogP contribution < -0.4 is 9.64 Å². The molecule has 0 heterocycles. The average Bonchev–Trinajstić information content (AvgIpc) is 2.92. The molecular formula is C11H14ClNO. The molecule has 0 aromatic heterocycles. The summed E-state index contributed by atoms with van der Waals surface area (Å²) in [6.45, 7) is 0. The number of nitrogens with zero attached hydrogens (tertiary/aromatic N) is 1. The Hall–Kier alpha value is -0.890. The van der Waals surface area contributed by atoms with Gasteiger partial charge >= 0.3 is 0 Å². The Labute approximate surface area is 89.4 Å². The predicted octanol–water partition coefficient (Wildman–Crippen LogP) is 2.95. The molecule has 1 saturated carbocycles. The molecular weight excluding hydrogens is 198 g/mol. The van der Waals surface area contributed by atoms with Crippen LogP contribution in [0.2, 0.25) is 5.02 Å². The summed E-state index contributed by atoms with van der Waals surface area (Å²) >= 11 is 6.05. The number of hydrogen-bond donors (Lipinski definition) is 0. The Kier molecular flexibility index (Phi) is 2.55. The summed E-state index contributed by atoms with van der Waals surface area (Å²) in [5.74, 6) is 0.917. The van der Waals surface area contributed by atoms with Crippen molar-refractivity contribution in [3.05, 3.63) is 23.2 Å². The molecule has 3 heteroatoms. The van der Waals surface area contributed by atoms with E-state index in [4.69, 9.17) is 16.3 Å². The second-order valence-corrected chi connectivity index (χ2v) is 4.23. The third-order valence-electron chi connectivity index (χ3n) is 2.23. The number of ether oxygens (including phenoxy) is 1. The molecule has 1 aromatic carbocycles. The summed E-state index contributed by atoms with van der Waals surface area (Å²) in [4.78, 5) is 1.99. The van der Waals surface area contributed by atoms with E-state index in [1.807, 2.05) is 37.2 Å². The first-order chi connectivity index (χ1) is 6.66. The zero-order valence-corrected chi connectivity index (χ0v) is 9.21. The Bertz CT molecular complexity index is 334. The quantitative estimate of drug-likeness (QED) is 0.762. The van der Waals surface area contributed by atoms with Gasteiger partial charge in [-0.15, -0.1) is 0 Å². The molecule has 2 rings (SSSR count).